The van der Waals surface area contributed by atoms with Gasteiger partial charge < -0.3 is 9.39 Å². The van der Waals surface area contributed by atoms with Gasteiger partial charge in [-0.1, -0.05) is 19.3 Å². The molecule has 2 nitrogen and oxygen atoms in total. The van der Waals surface area contributed by atoms with Gasteiger partial charge in [-0.3, -0.25) is 0 Å². The smallest absolute Gasteiger partial charge is 0.374 e. The second-order valence-electron chi connectivity index (χ2n) is 6.90. The molecule has 0 N–H and O–H groups in total. The van der Waals surface area contributed by atoms with Gasteiger partial charge in [-0.2, -0.15) is 4.39 Å². The second kappa shape index (κ2) is 7.21. The number of benzene rings is 1. The number of ether oxygens (including phenoxy) is 1. The minimum absolute atomic E-state index is 0.101. The number of hydrogen-bond donors (Lipinski definition) is 0. The molecule has 1 saturated heterocycles. The molecule has 1 saturated carbocycles. The van der Waals surface area contributed by atoms with Gasteiger partial charge in [0.1, 0.15) is 5.75 Å². The van der Waals surface area contributed by atoms with Crippen LogP contribution in [0.25, 0.3) is 0 Å². The van der Waals surface area contributed by atoms with E-state index in [0.29, 0.717) is 23.7 Å². The Labute approximate surface area is 138 Å². The molecular formula is C18H23BF2O2. The van der Waals surface area contributed by atoms with Gasteiger partial charge in [0, 0.05) is 5.92 Å². The van der Waals surface area contributed by atoms with E-state index in [1.807, 2.05) is 0 Å². The highest BCUT2D eigenvalue weighted by Gasteiger charge is 2.32. The molecule has 0 spiro atoms. The predicted octanol–water partition coefficient (Wildman–Crippen LogP) is 4.58. The molecule has 0 bridgehead atoms. The van der Waals surface area contributed by atoms with Crippen molar-refractivity contribution in [3.63, 3.8) is 0 Å². The maximum absolute atomic E-state index is 14.4. The number of hydrogen-bond acceptors (Lipinski definition) is 2. The maximum Gasteiger partial charge on any atom is 0.374 e. The highest BCUT2D eigenvalue weighted by Crippen LogP contribution is 2.39. The Balaban J connectivity index is 1.71. The van der Waals surface area contributed by atoms with Crippen LogP contribution < -0.4 is 4.65 Å². The largest absolute Gasteiger partial charge is 0.566 e. The average molecular weight is 320 g/mol. The Kier molecular flexibility index (Phi) is 5.25. The zero-order valence-electron chi connectivity index (χ0n) is 13.6. The van der Waals surface area contributed by atoms with Gasteiger partial charge in [-0.15, -0.1) is 0 Å². The van der Waals surface area contributed by atoms with Crippen molar-refractivity contribution in [2.45, 2.75) is 63.9 Å². The lowest BCUT2D eigenvalue weighted by Gasteiger charge is -2.36. The van der Waals surface area contributed by atoms with E-state index in [-0.39, 0.29) is 17.8 Å². The molecule has 2 radical (unpaired) electrons. The van der Waals surface area contributed by atoms with E-state index < -0.39 is 11.6 Å². The summed E-state index contributed by atoms with van der Waals surface area (Å²) in [5, 5.41) is 0. The average Bonchev–Trinajstić information content (AvgIpc) is 2.59. The van der Waals surface area contributed by atoms with E-state index in [0.717, 1.165) is 12.8 Å². The lowest BCUT2D eigenvalue weighted by Crippen LogP contribution is -2.33. The molecule has 1 aromatic rings. The molecule has 1 aliphatic heterocycles. The minimum Gasteiger partial charge on any atom is -0.566 e. The van der Waals surface area contributed by atoms with Crippen LogP contribution in [0, 0.1) is 24.5 Å². The molecule has 124 valence electrons. The molecule has 0 amide bonds. The molecule has 0 aromatic heterocycles. The summed E-state index contributed by atoms with van der Waals surface area (Å²) in [6.45, 7) is 2.22. The molecule has 1 heterocycles. The first-order chi connectivity index (χ1) is 11.1. The highest BCUT2D eigenvalue weighted by atomic mass is 19.2. The first kappa shape index (κ1) is 16.8. The fraction of sp³-hybridized carbons (Fsp3) is 0.667. The Bertz CT molecular complexity index is 550. The third-order valence-electron chi connectivity index (χ3n) is 5.44. The second-order valence-corrected chi connectivity index (χ2v) is 6.90. The molecule has 1 aliphatic carbocycles. The first-order valence-electron chi connectivity index (χ1n) is 8.58. The summed E-state index contributed by atoms with van der Waals surface area (Å²) in [5.41, 5.74) is 1.07. The standard InChI is InChI=1S/C18H23BF2O2/c1-11-9-15(23-19)17(20)18(21)16(11)13-7-8-14(22-10-13)12-5-3-2-4-6-12/h9,12-14H,2-8,10H2,1H3. The van der Waals surface area contributed by atoms with E-state index in [9.17, 15) is 8.78 Å². The van der Waals surface area contributed by atoms with Crippen LogP contribution in [0.2, 0.25) is 0 Å². The van der Waals surface area contributed by atoms with Crippen molar-refractivity contribution < 1.29 is 18.2 Å². The van der Waals surface area contributed by atoms with Crippen molar-refractivity contribution in [3.8, 4) is 5.75 Å². The van der Waals surface area contributed by atoms with Crippen molar-refractivity contribution in [2.24, 2.45) is 5.92 Å². The summed E-state index contributed by atoms with van der Waals surface area (Å²) < 4.78 is 38.8. The third-order valence-corrected chi connectivity index (χ3v) is 5.44. The van der Waals surface area contributed by atoms with Crippen molar-refractivity contribution in [1.29, 1.82) is 0 Å². The molecule has 3 rings (SSSR count). The van der Waals surface area contributed by atoms with Gasteiger partial charge >= 0.3 is 8.05 Å². The van der Waals surface area contributed by atoms with Crippen molar-refractivity contribution in [1.82, 2.24) is 0 Å². The summed E-state index contributed by atoms with van der Waals surface area (Å²) in [6.07, 6.45) is 8.41. The normalized spacial score (nSPS) is 26.2. The van der Waals surface area contributed by atoms with Gasteiger partial charge in [0.2, 0.25) is 0 Å². The summed E-state index contributed by atoms with van der Waals surface area (Å²) in [7, 11) is 4.99. The van der Waals surface area contributed by atoms with Crippen LogP contribution in [0.5, 0.6) is 5.75 Å². The molecule has 23 heavy (non-hydrogen) atoms. The zero-order valence-corrected chi connectivity index (χ0v) is 13.6. The number of aryl methyl sites for hydroxylation is 1. The Morgan fingerprint density at radius 3 is 2.43 bits per heavy atom. The highest BCUT2D eigenvalue weighted by molar-refractivity contribution is 6.00. The Hall–Kier alpha value is -1.10. The molecule has 5 heteroatoms. The van der Waals surface area contributed by atoms with E-state index >= 15 is 0 Å². The first-order valence-corrected chi connectivity index (χ1v) is 8.58. The molecule has 2 aliphatic rings. The quantitative estimate of drug-likeness (QED) is 0.759. The van der Waals surface area contributed by atoms with Crippen molar-refractivity contribution in [2.75, 3.05) is 6.61 Å². The fourth-order valence-electron chi connectivity index (χ4n) is 4.20. The summed E-state index contributed by atoms with van der Waals surface area (Å²) in [4.78, 5) is 0. The monoisotopic (exact) mass is 320 g/mol. The van der Waals surface area contributed by atoms with Crippen molar-refractivity contribution in [3.05, 3.63) is 28.8 Å². The van der Waals surface area contributed by atoms with Gasteiger partial charge in [-0.25, -0.2) is 4.39 Å². The zero-order chi connectivity index (χ0) is 16.4. The van der Waals surface area contributed by atoms with Crippen LogP contribution >= 0.6 is 0 Å². The van der Waals surface area contributed by atoms with Crippen LogP contribution in [-0.2, 0) is 4.74 Å². The SMILES string of the molecule is [B]Oc1cc(C)c(C2CCC(C3CCCCC3)OC2)c(F)c1F. The maximum atomic E-state index is 14.4. The molecule has 2 fully saturated rings. The molecular weight excluding hydrogens is 297 g/mol. The molecule has 2 atom stereocenters. The van der Waals surface area contributed by atoms with Crippen molar-refractivity contribution >= 4 is 8.05 Å². The van der Waals surface area contributed by atoms with Crippen LogP contribution in [0.15, 0.2) is 6.07 Å². The minimum atomic E-state index is -1.01. The Morgan fingerprint density at radius 1 is 1.09 bits per heavy atom. The topological polar surface area (TPSA) is 18.5 Å². The van der Waals surface area contributed by atoms with Gasteiger partial charge in [0.15, 0.2) is 11.6 Å². The van der Waals surface area contributed by atoms with E-state index in [1.165, 1.54) is 38.2 Å². The van der Waals surface area contributed by atoms with Gasteiger partial charge in [-0.05, 0) is 55.7 Å². The van der Waals surface area contributed by atoms with Crippen LogP contribution in [0.3, 0.4) is 0 Å². The molecule has 1 aromatic carbocycles. The van der Waals surface area contributed by atoms with Gasteiger partial charge in [0.05, 0.1) is 12.7 Å². The lowest BCUT2D eigenvalue weighted by atomic mass is 9.80. The predicted molar refractivity (Wildman–Crippen MR) is 85.8 cm³/mol. The lowest BCUT2D eigenvalue weighted by molar-refractivity contribution is -0.0404. The molecule has 2 unspecified atom stereocenters. The fourth-order valence-corrected chi connectivity index (χ4v) is 4.20. The van der Waals surface area contributed by atoms with Gasteiger partial charge in [0.25, 0.3) is 0 Å². The van der Waals surface area contributed by atoms with E-state index in [1.54, 1.807) is 6.92 Å². The number of rotatable bonds is 3. The summed E-state index contributed by atoms with van der Waals surface area (Å²) in [6, 6.07) is 1.46. The Morgan fingerprint density at radius 2 is 1.83 bits per heavy atom. The van der Waals surface area contributed by atoms with Crippen LogP contribution in [-0.4, -0.2) is 20.8 Å². The van der Waals surface area contributed by atoms with Crippen LogP contribution in [0.4, 0.5) is 8.78 Å². The third kappa shape index (κ3) is 3.40. The number of halogens is 2. The summed E-state index contributed by atoms with van der Waals surface area (Å²) >= 11 is 0. The van der Waals surface area contributed by atoms with E-state index in [4.69, 9.17) is 12.8 Å². The summed E-state index contributed by atoms with van der Waals surface area (Å²) in [5.74, 6) is -1.57. The van der Waals surface area contributed by atoms with E-state index in [2.05, 4.69) is 4.65 Å². The van der Waals surface area contributed by atoms with Crippen LogP contribution in [0.1, 0.15) is 62.0 Å².